The van der Waals surface area contributed by atoms with Crippen molar-refractivity contribution in [3.63, 3.8) is 0 Å². The van der Waals surface area contributed by atoms with Crippen LogP contribution in [0.1, 0.15) is 5.56 Å². The zero-order valence-electron chi connectivity index (χ0n) is 8.60. The first-order chi connectivity index (χ1) is 7.75. The minimum absolute atomic E-state index is 0.0691. The van der Waals surface area contributed by atoms with E-state index in [2.05, 4.69) is 0 Å². The zero-order valence-corrected chi connectivity index (χ0v) is 9.35. The van der Waals surface area contributed by atoms with Gasteiger partial charge >= 0.3 is 0 Å². The van der Waals surface area contributed by atoms with Crippen LogP contribution in [0.4, 0.5) is 0 Å². The lowest BCUT2D eigenvalue weighted by atomic mass is 10.2. The molecule has 1 heterocycles. The predicted molar refractivity (Wildman–Crippen MR) is 62.4 cm³/mol. The molecule has 0 spiro atoms. The molecule has 1 aromatic carbocycles. The molecule has 1 aliphatic heterocycles. The molecule has 0 amide bonds. The number of hydroxylamine groups is 2. The maximum atomic E-state index is 11.4. The summed E-state index contributed by atoms with van der Waals surface area (Å²) in [5.74, 6) is 0. The summed E-state index contributed by atoms with van der Waals surface area (Å²) in [4.78, 5) is 0. The highest BCUT2D eigenvalue weighted by Gasteiger charge is 2.15. The second kappa shape index (κ2) is 5.27. The minimum atomic E-state index is -0.558. The van der Waals surface area contributed by atoms with Crippen molar-refractivity contribution in [1.29, 1.82) is 0 Å². The van der Waals surface area contributed by atoms with E-state index < -0.39 is 6.23 Å². The number of nitrogens with one attached hydrogen (secondary N) is 1. The highest BCUT2D eigenvalue weighted by atomic mass is 35.5. The van der Waals surface area contributed by atoms with Gasteiger partial charge in [-0.3, -0.25) is 0 Å². The molecule has 0 aromatic heterocycles. The van der Waals surface area contributed by atoms with Crippen LogP contribution in [0, 0.1) is 5.21 Å². The Bertz CT molecular complexity index is 403. The van der Waals surface area contributed by atoms with Gasteiger partial charge in [-0.1, -0.05) is 41.9 Å². The Morgan fingerprint density at radius 1 is 1.31 bits per heavy atom. The second-order valence-electron chi connectivity index (χ2n) is 3.50. The number of rotatable bonds is 3. The van der Waals surface area contributed by atoms with Gasteiger partial charge in [0.1, 0.15) is 0 Å². The van der Waals surface area contributed by atoms with Gasteiger partial charge in [-0.15, -0.1) is 0 Å². The standard InChI is InChI=1S/C12H12ClNO2/c13-11-6-7-14(15)12(8-11)16-9-10-4-2-1-3-5-10/h1-8,12,14H,9H2. The molecule has 2 unspecified atom stereocenters. The van der Waals surface area contributed by atoms with E-state index in [0.717, 1.165) is 5.56 Å². The first-order valence-electron chi connectivity index (χ1n) is 5.00. The lowest BCUT2D eigenvalue weighted by Crippen LogP contribution is -3.07. The molecular weight excluding hydrogens is 226 g/mol. The summed E-state index contributed by atoms with van der Waals surface area (Å²) in [6, 6.07) is 9.71. The van der Waals surface area contributed by atoms with Crippen molar-refractivity contribution in [3.05, 3.63) is 64.5 Å². The molecule has 1 aromatic rings. The maximum absolute atomic E-state index is 11.4. The summed E-state index contributed by atoms with van der Waals surface area (Å²) < 4.78 is 5.49. The molecule has 0 bridgehead atoms. The number of benzene rings is 1. The fourth-order valence-electron chi connectivity index (χ4n) is 1.43. The number of halogens is 1. The zero-order chi connectivity index (χ0) is 11.4. The first kappa shape index (κ1) is 11.4. The molecular formula is C12H12ClNO2. The maximum Gasteiger partial charge on any atom is 0.217 e. The fraction of sp³-hybridized carbons (Fsp3) is 0.167. The molecule has 0 fully saturated rings. The Hall–Kier alpha value is -1.13. The highest BCUT2D eigenvalue weighted by molar-refractivity contribution is 6.31. The third-order valence-corrected chi connectivity index (χ3v) is 2.52. The van der Waals surface area contributed by atoms with Crippen molar-refractivity contribution < 1.29 is 9.80 Å². The molecule has 0 saturated heterocycles. The van der Waals surface area contributed by atoms with Crippen LogP contribution in [-0.4, -0.2) is 6.23 Å². The Labute approximate surface area is 99.2 Å². The molecule has 0 saturated carbocycles. The van der Waals surface area contributed by atoms with Gasteiger partial charge in [-0.05, 0) is 5.56 Å². The number of quaternary nitrogens is 1. The number of hydrogen-bond acceptors (Lipinski definition) is 2. The van der Waals surface area contributed by atoms with Gasteiger partial charge in [0.05, 0.1) is 17.8 Å². The fourth-order valence-corrected chi connectivity index (χ4v) is 1.61. The molecule has 1 aliphatic rings. The number of hydrogen-bond donors (Lipinski definition) is 1. The van der Waals surface area contributed by atoms with Crippen molar-refractivity contribution in [3.8, 4) is 0 Å². The topological polar surface area (TPSA) is 36.7 Å². The smallest absolute Gasteiger partial charge is 0.217 e. The van der Waals surface area contributed by atoms with E-state index in [4.69, 9.17) is 16.3 Å². The molecule has 3 nitrogen and oxygen atoms in total. The minimum Gasteiger partial charge on any atom is -0.627 e. The van der Waals surface area contributed by atoms with Crippen molar-refractivity contribution in [2.75, 3.05) is 0 Å². The quantitative estimate of drug-likeness (QED) is 0.811. The molecule has 0 aliphatic carbocycles. The molecule has 84 valence electrons. The summed E-state index contributed by atoms with van der Waals surface area (Å²) in [5, 5.41) is 11.9. The van der Waals surface area contributed by atoms with E-state index >= 15 is 0 Å². The first-order valence-corrected chi connectivity index (χ1v) is 5.38. The summed E-state index contributed by atoms with van der Waals surface area (Å²) in [5.41, 5.74) is 1.04. The number of allylic oxidation sites excluding steroid dienone is 2. The van der Waals surface area contributed by atoms with Crippen LogP contribution < -0.4 is 5.06 Å². The van der Waals surface area contributed by atoms with Crippen molar-refractivity contribution in [2.45, 2.75) is 12.8 Å². The number of ether oxygens (including phenoxy) is 1. The Balaban J connectivity index is 1.93. The summed E-state index contributed by atoms with van der Waals surface area (Å²) in [7, 11) is 0. The van der Waals surface area contributed by atoms with Crippen molar-refractivity contribution in [2.24, 2.45) is 0 Å². The third kappa shape index (κ3) is 2.93. The van der Waals surface area contributed by atoms with Crippen LogP contribution in [0.5, 0.6) is 0 Å². The van der Waals surface area contributed by atoms with E-state index in [9.17, 15) is 5.21 Å². The van der Waals surface area contributed by atoms with Crippen LogP contribution in [-0.2, 0) is 11.3 Å². The SMILES string of the molecule is [O-][NH+]1C=CC(Cl)=CC1OCc1ccccc1. The lowest BCUT2D eigenvalue weighted by molar-refractivity contribution is -0.843. The van der Waals surface area contributed by atoms with Crippen LogP contribution >= 0.6 is 11.6 Å². The second-order valence-corrected chi connectivity index (χ2v) is 3.94. The monoisotopic (exact) mass is 237 g/mol. The van der Waals surface area contributed by atoms with Crippen LogP contribution in [0.3, 0.4) is 0 Å². The Kier molecular flexibility index (Phi) is 3.74. The predicted octanol–water partition coefficient (Wildman–Crippen LogP) is 1.56. The van der Waals surface area contributed by atoms with E-state index in [1.54, 1.807) is 12.2 Å². The van der Waals surface area contributed by atoms with Crippen LogP contribution in [0.2, 0.25) is 0 Å². The van der Waals surface area contributed by atoms with Crippen LogP contribution in [0.25, 0.3) is 0 Å². The van der Waals surface area contributed by atoms with Gasteiger partial charge < -0.3 is 15.0 Å². The van der Waals surface area contributed by atoms with Gasteiger partial charge in [-0.25, -0.2) is 0 Å². The van der Waals surface area contributed by atoms with Gasteiger partial charge in [0.25, 0.3) is 0 Å². The van der Waals surface area contributed by atoms with E-state index in [1.165, 1.54) is 6.20 Å². The largest absolute Gasteiger partial charge is 0.627 e. The average molecular weight is 238 g/mol. The van der Waals surface area contributed by atoms with Crippen LogP contribution in [0.15, 0.2) is 53.7 Å². The summed E-state index contributed by atoms with van der Waals surface area (Å²) in [6.45, 7) is 0.408. The molecule has 2 atom stereocenters. The van der Waals surface area contributed by atoms with E-state index in [1.807, 2.05) is 30.3 Å². The molecule has 1 N–H and O–H groups in total. The average Bonchev–Trinajstić information content (AvgIpc) is 2.32. The normalized spacial score (nSPS) is 24.2. The lowest BCUT2D eigenvalue weighted by Gasteiger charge is -2.27. The van der Waals surface area contributed by atoms with Crippen molar-refractivity contribution >= 4 is 11.6 Å². The Morgan fingerprint density at radius 3 is 2.81 bits per heavy atom. The molecule has 16 heavy (non-hydrogen) atoms. The van der Waals surface area contributed by atoms with Gasteiger partial charge in [0.15, 0.2) is 0 Å². The molecule has 0 radical (unpaired) electrons. The Morgan fingerprint density at radius 2 is 2.06 bits per heavy atom. The highest BCUT2D eigenvalue weighted by Crippen LogP contribution is 2.09. The third-order valence-electron chi connectivity index (χ3n) is 2.27. The molecule has 2 rings (SSSR count). The van der Waals surface area contributed by atoms with Gasteiger partial charge in [0.2, 0.25) is 6.23 Å². The summed E-state index contributed by atoms with van der Waals surface area (Å²) >= 11 is 5.80. The molecule has 4 heteroatoms. The van der Waals surface area contributed by atoms with E-state index in [0.29, 0.717) is 11.6 Å². The summed E-state index contributed by atoms with van der Waals surface area (Å²) in [6.07, 6.45) is 4.08. The van der Waals surface area contributed by atoms with Gasteiger partial charge in [-0.2, -0.15) is 0 Å². The van der Waals surface area contributed by atoms with Crippen molar-refractivity contribution in [1.82, 2.24) is 0 Å². The van der Waals surface area contributed by atoms with E-state index in [-0.39, 0.29) is 5.06 Å². The van der Waals surface area contributed by atoms with Gasteiger partial charge in [0, 0.05) is 12.2 Å².